The Labute approximate surface area is 142 Å². The first kappa shape index (κ1) is 16.1. The van der Waals surface area contributed by atoms with Crippen molar-refractivity contribution in [2.24, 2.45) is 0 Å². The summed E-state index contributed by atoms with van der Waals surface area (Å²) in [6, 6.07) is 12.6. The van der Waals surface area contributed by atoms with Crippen LogP contribution in [-0.2, 0) is 22.6 Å². The molecule has 0 aliphatic rings. The predicted octanol–water partition coefficient (Wildman–Crippen LogP) is 3.82. The van der Waals surface area contributed by atoms with Crippen molar-refractivity contribution < 1.29 is 18.3 Å². The van der Waals surface area contributed by atoms with Gasteiger partial charge in [0.05, 0.1) is 6.42 Å². The number of esters is 1. The molecule has 3 aromatic rings. The van der Waals surface area contributed by atoms with Gasteiger partial charge in [0.15, 0.2) is 6.61 Å². The molecule has 0 fully saturated rings. The lowest BCUT2D eigenvalue weighted by atomic mass is 10.1. The van der Waals surface area contributed by atoms with E-state index in [1.807, 2.05) is 0 Å². The molecule has 1 aromatic heterocycles. The van der Waals surface area contributed by atoms with Crippen LogP contribution in [0.2, 0.25) is 5.02 Å². The largest absolute Gasteiger partial charge is 0.455 e. The summed E-state index contributed by atoms with van der Waals surface area (Å²) in [5.41, 5.74) is 1.38. The smallest absolute Gasteiger partial charge is 0.310 e. The normalized spacial score (nSPS) is 10.6. The van der Waals surface area contributed by atoms with Crippen LogP contribution in [0.4, 0.5) is 4.39 Å². The van der Waals surface area contributed by atoms with Gasteiger partial charge in [0.2, 0.25) is 5.89 Å². The van der Waals surface area contributed by atoms with E-state index in [0.717, 1.165) is 5.56 Å². The fraction of sp³-hybridized carbons (Fsp3) is 0.118. The van der Waals surface area contributed by atoms with E-state index in [9.17, 15) is 9.18 Å². The molecular weight excluding hydrogens is 335 g/mol. The number of hydrogen-bond acceptors (Lipinski definition) is 5. The van der Waals surface area contributed by atoms with Crippen molar-refractivity contribution in [1.29, 1.82) is 0 Å². The Hall–Kier alpha value is -2.73. The van der Waals surface area contributed by atoms with E-state index < -0.39 is 5.97 Å². The third-order valence-corrected chi connectivity index (χ3v) is 3.43. The highest BCUT2D eigenvalue weighted by Crippen LogP contribution is 2.20. The summed E-state index contributed by atoms with van der Waals surface area (Å²) in [5, 5.41) is 8.33. The van der Waals surface area contributed by atoms with Crippen LogP contribution in [0, 0.1) is 5.82 Å². The molecule has 0 bridgehead atoms. The van der Waals surface area contributed by atoms with Crippen LogP contribution in [0.1, 0.15) is 11.5 Å². The van der Waals surface area contributed by atoms with Crippen LogP contribution < -0.4 is 0 Å². The minimum Gasteiger partial charge on any atom is -0.455 e. The van der Waals surface area contributed by atoms with Gasteiger partial charge >= 0.3 is 5.97 Å². The van der Waals surface area contributed by atoms with Crippen molar-refractivity contribution in [2.75, 3.05) is 0 Å². The number of ether oxygens (including phenoxy) is 1. The Kier molecular flexibility index (Phi) is 4.86. The first-order valence-electron chi connectivity index (χ1n) is 7.08. The Morgan fingerprint density at radius 1 is 1.08 bits per heavy atom. The molecule has 24 heavy (non-hydrogen) atoms. The third kappa shape index (κ3) is 4.17. The molecule has 0 saturated heterocycles. The van der Waals surface area contributed by atoms with Crippen LogP contribution in [0.3, 0.4) is 0 Å². The van der Waals surface area contributed by atoms with Crippen LogP contribution in [0.15, 0.2) is 52.9 Å². The van der Waals surface area contributed by atoms with Gasteiger partial charge in [-0.1, -0.05) is 23.7 Å². The fourth-order valence-corrected chi connectivity index (χ4v) is 2.11. The molecule has 0 aliphatic heterocycles. The molecule has 2 aromatic carbocycles. The number of hydrogen-bond donors (Lipinski definition) is 0. The number of halogens is 2. The molecule has 0 unspecified atom stereocenters. The zero-order chi connectivity index (χ0) is 16.9. The molecule has 0 radical (unpaired) electrons. The fourth-order valence-electron chi connectivity index (χ4n) is 1.98. The highest BCUT2D eigenvalue weighted by atomic mass is 35.5. The molecule has 1 heterocycles. The predicted molar refractivity (Wildman–Crippen MR) is 84.6 cm³/mol. The van der Waals surface area contributed by atoms with Crippen LogP contribution in [0.25, 0.3) is 11.5 Å². The summed E-state index contributed by atoms with van der Waals surface area (Å²) in [5.74, 6) is -0.316. The molecule has 122 valence electrons. The number of rotatable bonds is 5. The number of carbonyl (C=O) groups is 1. The number of nitrogens with zero attached hydrogens (tertiary/aromatic N) is 2. The molecule has 0 spiro atoms. The van der Waals surface area contributed by atoms with Gasteiger partial charge < -0.3 is 9.15 Å². The molecule has 0 atom stereocenters. The van der Waals surface area contributed by atoms with Crippen molar-refractivity contribution >= 4 is 17.6 Å². The molecule has 3 rings (SSSR count). The maximum absolute atomic E-state index is 12.8. The Bertz CT molecular complexity index is 832. The SMILES string of the molecule is O=C(Cc1ccc(F)cc1)OCc1nnc(-c2ccc(Cl)cc2)o1. The van der Waals surface area contributed by atoms with Gasteiger partial charge in [0.25, 0.3) is 5.89 Å². The number of aromatic nitrogens is 2. The second-order valence-corrected chi connectivity index (χ2v) is 5.41. The zero-order valence-electron chi connectivity index (χ0n) is 12.4. The quantitative estimate of drug-likeness (QED) is 0.657. The molecule has 7 heteroatoms. The van der Waals surface area contributed by atoms with Gasteiger partial charge in [0.1, 0.15) is 5.82 Å². The Morgan fingerprint density at radius 3 is 2.50 bits per heavy atom. The molecule has 0 saturated carbocycles. The molecule has 0 aliphatic carbocycles. The van der Waals surface area contributed by atoms with Gasteiger partial charge in [0, 0.05) is 10.6 Å². The highest BCUT2D eigenvalue weighted by molar-refractivity contribution is 6.30. The van der Waals surface area contributed by atoms with E-state index in [2.05, 4.69) is 10.2 Å². The number of carbonyl (C=O) groups excluding carboxylic acids is 1. The summed E-state index contributed by atoms with van der Waals surface area (Å²) < 4.78 is 23.3. The van der Waals surface area contributed by atoms with Crippen LogP contribution in [0.5, 0.6) is 0 Å². The summed E-state index contributed by atoms with van der Waals surface area (Å²) in [4.78, 5) is 11.8. The van der Waals surface area contributed by atoms with Gasteiger partial charge in [-0.05, 0) is 42.0 Å². The molecular formula is C17H12ClFN2O3. The Morgan fingerprint density at radius 2 is 1.79 bits per heavy atom. The van der Waals surface area contributed by atoms with E-state index in [1.54, 1.807) is 24.3 Å². The van der Waals surface area contributed by atoms with Crippen LogP contribution in [-0.4, -0.2) is 16.2 Å². The third-order valence-electron chi connectivity index (χ3n) is 3.18. The Balaban J connectivity index is 1.56. The number of benzene rings is 2. The monoisotopic (exact) mass is 346 g/mol. The first-order valence-corrected chi connectivity index (χ1v) is 7.46. The topological polar surface area (TPSA) is 65.2 Å². The van der Waals surface area contributed by atoms with Crippen molar-refractivity contribution in [3.8, 4) is 11.5 Å². The molecule has 0 N–H and O–H groups in total. The summed E-state index contributed by atoms with van der Waals surface area (Å²) in [6.45, 7) is -0.124. The van der Waals surface area contributed by atoms with Crippen molar-refractivity contribution in [2.45, 2.75) is 13.0 Å². The van der Waals surface area contributed by atoms with Crippen LogP contribution >= 0.6 is 11.6 Å². The first-order chi connectivity index (χ1) is 11.6. The standard InChI is InChI=1S/C17H12ClFN2O3/c18-13-5-3-12(4-6-13)17-21-20-15(24-17)10-23-16(22)9-11-1-7-14(19)8-2-11/h1-8H,9-10H2. The summed E-state index contributed by atoms with van der Waals surface area (Å²) >= 11 is 5.82. The minimum absolute atomic E-state index is 0.0401. The molecule has 5 nitrogen and oxygen atoms in total. The van der Waals surface area contributed by atoms with Gasteiger partial charge in [-0.3, -0.25) is 4.79 Å². The van der Waals surface area contributed by atoms with Crippen molar-refractivity contribution in [3.05, 3.63) is 70.8 Å². The lowest BCUT2D eigenvalue weighted by molar-refractivity contribution is -0.144. The zero-order valence-corrected chi connectivity index (χ0v) is 13.2. The summed E-state index contributed by atoms with van der Waals surface area (Å²) in [7, 11) is 0. The maximum atomic E-state index is 12.8. The second-order valence-electron chi connectivity index (χ2n) is 4.97. The second kappa shape index (κ2) is 7.23. The lowest BCUT2D eigenvalue weighted by Gasteiger charge is -2.02. The van der Waals surface area contributed by atoms with E-state index in [4.69, 9.17) is 20.8 Å². The van der Waals surface area contributed by atoms with Gasteiger partial charge in [-0.25, -0.2) is 4.39 Å². The van der Waals surface area contributed by atoms with Crippen molar-refractivity contribution in [3.63, 3.8) is 0 Å². The summed E-state index contributed by atoms with van der Waals surface area (Å²) in [6.07, 6.45) is 0.0401. The average Bonchev–Trinajstić information content (AvgIpc) is 3.05. The highest BCUT2D eigenvalue weighted by Gasteiger charge is 2.11. The molecule has 0 amide bonds. The minimum atomic E-state index is -0.465. The van der Waals surface area contributed by atoms with Gasteiger partial charge in [-0.15, -0.1) is 10.2 Å². The average molecular weight is 347 g/mol. The van der Waals surface area contributed by atoms with Crippen molar-refractivity contribution in [1.82, 2.24) is 10.2 Å². The lowest BCUT2D eigenvalue weighted by Crippen LogP contribution is -2.08. The van der Waals surface area contributed by atoms with E-state index in [1.165, 1.54) is 24.3 Å². The van der Waals surface area contributed by atoms with E-state index in [0.29, 0.717) is 16.5 Å². The van der Waals surface area contributed by atoms with Gasteiger partial charge in [-0.2, -0.15) is 0 Å². The maximum Gasteiger partial charge on any atom is 0.310 e. The van der Waals surface area contributed by atoms with E-state index in [-0.39, 0.29) is 24.7 Å². The van der Waals surface area contributed by atoms with E-state index >= 15 is 0 Å².